The van der Waals surface area contributed by atoms with Crippen LogP contribution in [0.15, 0.2) is 4.79 Å². The van der Waals surface area contributed by atoms with Gasteiger partial charge < -0.3 is 10.1 Å². The molecule has 1 aliphatic heterocycles. The van der Waals surface area contributed by atoms with Crippen molar-refractivity contribution in [3.8, 4) is 0 Å². The second kappa shape index (κ2) is 4.05. The lowest BCUT2D eigenvalue weighted by molar-refractivity contribution is 0.0687. The first kappa shape index (κ1) is 10.8. The largest absolute Gasteiger partial charge is 0.476 e. The molecule has 0 amide bonds. The highest BCUT2D eigenvalue weighted by Gasteiger charge is 2.23. The Bertz CT molecular complexity index is 481. The van der Waals surface area contributed by atoms with Crippen molar-refractivity contribution in [2.24, 2.45) is 0 Å². The summed E-state index contributed by atoms with van der Waals surface area (Å²) in [6, 6.07) is 0. The van der Waals surface area contributed by atoms with Gasteiger partial charge in [-0.05, 0) is 13.0 Å². The Labute approximate surface area is 91.9 Å². The number of fused-ring (bicyclic) bond motifs is 1. The van der Waals surface area contributed by atoms with Gasteiger partial charge in [-0.2, -0.15) is 4.98 Å². The second-order valence-corrected chi connectivity index (χ2v) is 3.77. The average molecular weight is 223 g/mol. The molecule has 86 valence electrons. The molecule has 0 saturated carbocycles. The molecule has 0 fully saturated rings. The lowest BCUT2D eigenvalue weighted by Gasteiger charge is -2.27. The van der Waals surface area contributed by atoms with Crippen LogP contribution < -0.4 is 5.69 Å². The van der Waals surface area contributed by atoms with Gasteiger partial charge in [0, 0.05) is 24.3 Å². The van der Waals surface area contributed by atoms with E-state index in [-0.39, 0.29) is 5.69 Å². The van der Waals surface area contributed by atoms with E-state index in [9.17, 15) is 9.59 Å². The molecule has 0 unspecified atom stereocenters. The van der Waals surface area contributed by atoms with Crippen LogP contribution in [0.25, 0.3) is 0 Å². The Kier molecular flexibility index (Phi) is 2.74. The summed E-state index contributed by atoms with van der Waals surface area (Å²) in [5, 5.41) is 8.96. The van der Waals surface area contributed by atoms with Crippen LogP contribution in [0.5, 0.6) is 0 Å². The average Bonchev–Trinajstić information content (AvgIpc) is 2.26. The van der Waals surface area contributed by atoms with Crippen molar-refractivity contribution < 1.29 is 9.90 Å². The van der Waals surface area contributed by atoms with Crippen molar-refractivity contribution >= 4 is 5.97 Å². The van der Waals surface area contributed by atoms with Crippen LogP contribution >= 0.6 is 0 Å². The van der Waals surface area contributed by atoms with Crippen LogP contribution in [0.3, 0.4) is 0 Å². The van der Waals surface area contributed by atoms with Crippen molar-refractivity contribution in [3.05, 3.63) is 27.4 Å². The fourth-order valence-electron chi connectivity index (χ4n) is 1.97. The fraction of sp³-hybridized carbons (Fsp3) is 0.500. The van der Waals surface area contributed by atoms with E-state index in [1.165, 1.54) is 0 Å². The summed E-state index contributed by atoms with van der Waals surface area (Å²) in [6.45, 7) is 4.30. The summed E-state index contributed by atoms with van der Waals surface area (Å²) in [5.74, 6) is -1.13. The maximum Gasteiger partial charge on any atom is 0.355 e. The van der Waals surface area contributed by atoms with Crippen molar-refractivity contribution in [2.75, 3.05) is 13.1 Å². The van der Waals surface area contributed by atoms with Gasteiger partial charge in [0.1, 0.15) is 0 Å². The Morgan fingerprint density at radius 3 is 3.00 bits per heavy atom. The molecule has 2 rings (SSSR count). The summed E-state index contributed by atoms with van der Waals surface area (Å²) in [5.41, 5.74) is 0.658. The first-order chi connectivity index (χ1) is 7.61. The summed E-state index contributed by atoms with van der Waals surface area (Å²) in [7, 11) is 0. The number of aromatic amines is 1. The lowest BCUT2D eigenvalue weighted by Crippen LogP contribution is -2.35. The molecular formula is C10H13N3O3. The SMILES string of the molecule is CCN1CCc2c(C(=O)O)nc(=O)[nH]c2C1. The van der Waals surface area contributed by atoms with Crippen LogP contribution in [0.4, 0.5) is 0 Å². The standard InChI is InChI=1S/C10H13N3O3/c1-2-13-4-3-6-7(5-13)11-10(16)12-8(6)9(14)15/h2-5H2,1H3,(H,14,15)(H,11,12,16). The third kappa shape index (κ3) is 1.83. The topological polar surface area (TPSA) is 86.3 Å². The Hall–Kier alpha value is -1.69. The number of carboxylic acids is 1. The van der Waals surface area contributed by atoms with E-state index in [4.69, 9.17) is 5.11 Å². The van der Waals surface area contributed by atoms with E-state index < -0.39 is 11.7 Å². The fourth-order valence-corrected chi connectivity index (χ4v) is 1.97. The Balaban J connectivity index is 2.49. The second-order valence-electron chi connectivity index (χ2n) is 3.77. The highest BCUT2D eigenvalue weighted by molar-refractivity contribution is 5.87. The van der Waals surface area contributed by atoms with Gasteiger partial charge in [-0.25, -0.2) is 9.59 Å². The minimum Gasteiger partial charge on any atom is -0.476 e. The zero-order valence-electron chi connectivity index (χ0n) is 8.99. The number of rotatable bonds is 2. The minimum absolute atomic E-state index is 0.102. The van der Waals surface area contributed by atoms with Crippen molar-refractivity contribution in [1.29, 1.82) is 0 Å². The van der Waals surface area contributed by atoms with E-state index in [1.54, 1.807) is 0 Å². The maximum absolute atomic E-state index is 11.2. The molecule has 0 radical (unpaired) electrons. The van der Waals surface area contributed by atoms with Crippen LogP contribution in [-0.2, 0) is 13.0 Å². The van der Waals surface area contributed by atoms with E-state index in [0.717, 1.165) is 13.1 Å². The molecule has 1 aliphatic rings. The van der Waals surface area contributed by atoms with Crippen LogP contribution in [0, 0.1) is 0 Å². The van der Waals surface area contributed by atoms with E-state index >= 15 is 0 Å². The molecule has 0 atom stereocenters. The van der Waals surface area contributed by atoms with Crippen LogP contribution in [-0.4, -0.2) is 39.0 Å². The number of hydrogen-bond acceptors (Lipinski definition) is 4. The number of nitrogens with one attached hydrogen (secondary N) is 1. The molecule has 0 aromatic carbocycles. The first-order valence-corrected chi connectivity index (χ1v) is 5.19. The molecule has 0 bridgehead atoms. The predicted octanol–water partition coefficient (Wildman–Crippen LogP) is -0.154. The third-order valence-corrected chi connectivity index (χ3v) is 2.83. The summed E-state index contributed by atoms with van der Waals surface area (Å²) >= 11 is 0. The third-order valence-electron chi connectivity index (χ3n) is 2.83. The van der Waals surface area contributed by atoms with Crippen LogP contribution in [0.2, 0.25) is 0 Å². The molecule has 1 aromatic heterocycles. The van der Waals surface area contributed by atoms with Gasteiger partial charge in [0.05, 0.1) is 0 Å². The molecule has 6 heteroatoms. The van der Waals surface area contributed by atoms with Crippen molar-refractivity contribution in [3.63, 3.8) is 0 Å². The molecule has 2 heterocycles. The van der Waals surface area contributed by atoms with Gasteiger partial charge in [-0.3, -0.25) is 4.90 Å². The van der Waals surface area contributed by atoms with Crippen molar-refractivity contribution in [1.82, 2.24) is 14.9 Å². The summed E-state index contributed by atoms with van der Waals surface area (Å²) < 4.78 is 0. The molecule has 6 nitrogen and oxygen atoms in total. The quantitative estimate of drug-likeness (QED) is 0.728. The van der Waals surface area contributed by atoms with Gasteiger partial charge in [0.25, 0.3) is 0 Å². The van der Waals surface area contributed by atoms with Gasteiger partial charge >= 0.3 is 11.7 Å². The zero-order chi connectivity index (χ0) is 11.7. The highest BCUT2D eigenvalue weighted by Crippen LogP contribution is 2.17. The normalized spacial score (nSPS) is 15.8. The summed E-state index contributed by atoms with van der Waals surface area (Å²) in [4.78, 5) is 30.4. The monoisotopic (exact) mass is 223 g/mol. The predicted molar refractivity (Wildman–Crippen MR) is 56.5 cm³/mol. The zero-order valence-corrected chi connectivity index (χ0v) is 8.99. The number of hydrogen-bond donors (Lipinski definition) is 2. The molecule has 2 N–H and O–H groups in total. The van der Waals surface area contributed by atoms with E-state index in [2.05, 4.69) is 14.9 Å². The number of aromatic carboxylic acids is 1. The number of aromatic nitrogens is 2. The smallest absolute Gasteiger partial charge is 0.355 e. The number of carboxylic acid groups (broad SMARTS) is 1. The lowest BCUT2D eigenvalue weighted by atomic mass is 10.0. The minimum atomic E-state index is -1.13. The maximum atomic E-state index is 11.2. The first-order valence-electron chi connectivity index (χ1n) is 5.19. The number of H-pyrrole nitrogens is 1. The van der Waals surface area contributed by atoms with Gasteiger partial charge in [0.2, 0.25) is 0 Å². The van der Waals surface area contributed by atoms with Crippen molar-refractivity contribution in [2.45, 2.75) is 19.9 Å². The summed E-state index contributed by atoms with van der Waals surface area (Å²) in [6.07, 6.45) is 0.620. The number of likely N-dealkylation sites (N-methyl/N-ethyl adjacent to an activating group) is 1. The Morgan fingerprint density at radius 1 is 1.62 bits per heavy atom. The molecule has 0 aliphatic carbocycles. The number of carbonyl (C=O) groups is 1. The van der Waals surface area contributed by atoms with E-state index in [0.29, 0.717) is 24.2 Å². The molecule has 0 saturated heterocycles. The van der Waals surface area contributed by atoms with Gasteiger partial charge in [0.15, 0.2) is 5.69 Å². The molecule has 16 heavy (non-hydrogen) atoms. The van der Waals surface area contributed by atoms with Gasteiger partial charge in [-0.15, -0.1) is 0 Å². The van der Waals surface area contributed by atoms with Crippen LogP contribution in [0.1, 0.15) is 28.7 Å². The Morgan fingerprint density at radius 2 is 2.38 bits per heavy atom. The number of nitrogens with zero attached hydrogens (tertiary/aromatic N) is 2. The highest BCUT2D eigenvalue weighted by atomic mass is 16.4. The molecule has 1 aromatic rings. The molecular weight excluding hydrogens is 210 g/mol. The molecule has 0 spiro atoms. The van der Waals surface area contributed by atoms with Gasteiger partial charge in [-0.1, -0.05) is 6.92 Å². The van der Waals surface area contributed by atoms with E-state index in [1.807, 2.05) is 6.92 Å².